The zero-order chi connectivity index (χ0) is 12.7. The van der Waals surface area contributed by atoms with E-state index in [0.29, 0.717) is 0 Å². The highest BCUT2D eigenvalue weighted by Gasteiger charge is 2.08. The second-order valence-corrected chi connectivity index (χ2v) is 3.05. The zero-order valence-corrected chi connectivity index (χ0v) is 8.90. The highest BCUT2D eigenvalue weighted by Crippen LogP contribution is 2.00. The van der Waals surface area contributed by atoms with Crippen molar-refractivity contribution in [2.24, 2.45) is 5.73 Å². The van der Waals surface area contributed by atoms with Crippen LogP contribution in [0.15, 0.2) is 30.3 Å². The molecule has 90 valence electrons. The van der Waals surface area contributed by atoms with Crippen molar-refractivity contribution in [2.45, 2.75) is 6.61 Å². The van der Waals surface area contributed by atoms with Crippen molar-refractivity contribution in [1.82, 2.24) is 10.6 Å². The highest BCUT2D eigenvalue weighted by atomic mass is 16.5. The summed E-state index contributed by atoms with van der Waals surface area (Å²) in [6, 6.07) is 8.10. The number of carbonyl (C=O) groups excluding carboxylic acids is 2. The van der Waals surface area contributed by atoms with E-state index in [0.717, 1.165) is 5.56 Å². The molecule has 5 N–H and O–H groups in total. The van der Waals surface area contributed by atoms with E-state index in [1.165, 1.54) is 0 Å². The number of imide groups is 1. The number of ether oxygens (including phenoxy) is 1. The quantitative estimate of drug-likeness (QED) is 0.442. The first-order chi connectivity index (χ1) is 8.08. The Hall–Kier alpha value is -2.57. The Morgan fingerprint density at radius 3 is 2.47 bits per heavy atom. The average molecular weight is 236 g/mol. The van der Waals surface area contributed by atoms with Crippen LogP contribution in [-0.2, 0) is 11.3 Å². The SMILES string of the molecule is N=C(N)NC(=O)NC(=O)OCc1ccccc1. The van der Waals surface area contributed by atoms with Gasteiger partial charge in [-0.1, -0.05) is 30.3 Å². The smallest absolute Gasteiger partial charge is 0.415 e. The molecule has 0 aliphatic carbocycles. The maximum absolute atomic E-state index is 11.1. The zero-order valence-electron chi connectivity index (χ0n) is 8.90. The molecule has 0 atom stereocenters. The lowest BCUT2D eigenvalue weighted by Gasteiger charge is -2.06. The van der Waals surface area contributed by atoms with Gasteiger partial charge in [-0.15, -0.1) is 0 Å². The molecule has 1 aromatic rings. The van der Waals surface area contributed by atoms with Crippen molar-refractivity contribution < 1.29 is 14.3 Å². The topological polar surface area (TPSA) is 117 Å². The van der Waals surface area contributed by atoms with E-state index in [1.54, 1.807) is 24.3 Å². The summed E-state index contributed by atoms with van der Waals surface area (Å²) >= 11 is 0. The fourth-order valence-electron chi connectivity index (χ4n) is 1.01. The summed E-state index contributed by atoms with van der Waals surface area (Å²) in [5.41, 5.74) is 5.69. The summed E-state index contributed by atoms with van der Waals surface area (Å²) < 4.78 is 4.76. The molecule has 0 aliphatic rings. The number of nitrogens with one attached hydrogen (secondary N) is 3. The van der Waals surface area contributed by atoms with Gasteiger partial charge in [0.1, 0.15) is 6.61 Å². The van der Waals surface area contributed by atoms with Crippen LogP contribution in [-0.4, -0.2) is 18.1 Å². The first-order valence-corrected chi connectivity index (χ1v) is 4.70. The number of hydrogen-bond acceptors (Lipinski definition) is 4. The molecule has 1 rings (SSSR count). The van der Waals surface area contributed by atoms with E-state index in [-0.39, 0.29) is 6.61 Å². The number of guanidine groups is 1. The van der Waals surface area contributed by atoms with Crippen LogP contribution in [0.2, 0.25) is 0 Å². The summed E-state index contributed by atoms with van der Waals surface area (Å²) in [4.78, 5) is 22.0. The minimum atomic E-state index is -0.910. The van der Waals surface area contributed by atoms with Crippen LogP contribution in [0.4, 0.5) is 9.59 Å². The number of urea groups is 1. The minimum Gasteiger partial charge on any atom is -0.444 e. The number of alkyl carbamates (subject to hydrolysis) is 1. The molecule has 0 spiro atoms. The van der Waals surface area contributed by atoms with Crippen molar-refractivity contribution in [3.05, 3.63) is 35.9 Å². The molecular weight excluding hydrogens is 224 g/mol. The van der Waals surface area contributed by atoms with Gasteiger partial charge in [0.2, 0.25) is 0 Å². The molecule has 0 fully saturated rings. The van der Waals surface area contributed by atoms with Crippen LogP contribution < -0.4 is 16.4 Å². The Bertz CT molecular complexity index is 419. The number of hydrogen-bond donors (Lipinski definition) is 4. The predicted molar refractivity (Wildman–Crippen MR) is 60.2 cm³/mol. The first-order valence-electron chi connectivity index (χ1n) is 4.70. The largest absolute Gasteiger partial charge is 0.444 e. The van der Waals surface area contributed by atoms with E-state index in [2.05, 4.69) is 0 Å². The fraction of sp³-hybridized carbons (Fsp3) is 0.100. The Morgan fingerprint density at radius 2 is 1.88 bits per heavy atom. The third-order valence-corrected chi connectivity index (χ3v) is 1.68. The van der Waals surface area contributed by atoms with Crippen LogP contribution in [0.5, 0.6) is 0 Å². The van der Waals surface area contributed by atoms with E-state index < -0.39 is 18.1 Å². The van der Waals surface area contributed by atoms with Crippen molar-refractivity contribution in [2.75, 3.05) is 0 Å². The molecule has 7 nitrogen and oxygen atoms in total. The molecule has 17 heavy (non-hydrogen) atoms. The number of amides is 3. The van der Waals surface area contributed by atoms with Gasteiger partial charge >= 0.3 is 12.1 Å². The van der Waals surface area contributed by atoms with E-state index >= 15 is 0 Å². The van der Waals surface area contributed by atoms with Gasteiger partial charge in [0, 0.05) is 0 Å². The Balaban J connectivity index is 2.31. The monoisotopic (exact) mass is 236 g/mol. The number of rotatable bonds is 2. The van der Waals surface area contributed by atoms with Gasteiger partial charge < -0.3 is 10.5 Å². The first kappa shape index (κ1) is 12.5. The standard InChI is InChI=1S/C10H12N4O3/c11-8(12)13-9(15)14-10(16)17-6-7-4-2-1-3-5-7/h1-5H,6H2,(H5,11,12,13,14,15,16). The van der Waals surface area contributed by atoms with Gasteiger partial charge in [-0.05, 0) is 5.56 Å². The maximum atomic E-state index is 11.1. The van der Waals surface area contributed by atoms with Crippen LogP contribution in [0.3, 0.4) is 0 Å². The average Bonchev–Trinajstić information content (AvgIpc) is 2.26. The van der Waals surface area contributed by atoms with Crippen LogP contribution in [0.25, 0.3) is 0 Å². The van der Waals surface area contributed by atoms with Gasteiger partial charge in [0.05, 0.1) is 0 Å². The second-order valence-electron chi connectivity index (χ2n) is 3.05. The van der Waals surface area contributed by atoms with E-state index in [9.17, 15) is 9.59 Å². The second kappa shape index (κ2) is 6.11. The lowest BCUT2D eigenvalue weighted by molar-refractivity contribution is 0.141. The highest BCUT2D eigenvalue weighted by molar-refractivity contribution is 5.99. The molecular formula is C10H12N4O3. The number of benzene rings is 1. The summed E-state index contributed by atoms with van der Waals surface area (Å²) in [5, 5.41) is 10.5. The third kappa shape index (κ3) is 5.17. The van der Waals surface area contributed by atoms with Crippen LogP contribution in [0.1, 0.15) is 5.56 Å². The predicted octanol–water partition coefficient (Wildman–Crippen LogP) is 0.516. The van der Waals surface area contributed by atoms with E-state index in [1.807, 2.05) is 16.7 Å². The third-order valence-electron chi connectivity index (χ3n) is 1.68. The molecule has 0 unspecified atom stereocenters. The van der Waals surface area contributed by atoms with Gasteiger partial charge in [0.15, 0.2) is 5.96 Å². The molecule has 7 heteroatoms. The van der Waals surface area contributed by atoms with Gasteiger partial charge in [-0.25, -0.2) is 14.9 Å². The Morgan fingerprint density at radius 1 is 1.24 bits per heavy atom. The lowest BCUT2D eigenvalue weighted by atomic mass is 10.2. The molecule has 0 saturated heterocycles. The molecule has 0 heterocycles. The summed E-state index contributed by atoms with van der Waals surface area (Å²) in [6.07, 6.45) is -0.910. The maximum Gasteiger partial charge on any atom is 0.415 e. The summed E-state index contributed by atoms with van der Waals surface area (Å²) in [5.74, 6) is -0.557. The van der Waals surface area contributed by atoms with Crippen LogP contribution in [0, 0.1) is 5.41 Å². The summed E-state index contributed by atoms with van der Waals surface area (Å²) in [7, 11) is 0. The van der Waals surface area contributed by atoms with Crippen LogP contribution >= 0.6 is 0 Å². The molecule has 0 saturated carbocycles. The Labute approximate surface area is 97.5 Å². The normalized spacial score (nSPS) is 9.18. The van der Waals surface area contributed by atoms with Crippen molar-refractivity contribution in [3.8, 4) is 0 Å². The molecule has 0 bridgehead atoms. The molecule has 0 radical (unpaired) electrons. The van der Waals surface area contributed by atoms with E-state index in [4.69, 9.17) is 15.9 Å². The van der Waals surface area contributed by atoms with Gasteiger partial charge in [-0.3, -0.25) is 10.7 Å². The fourth-order valence-corrected chi connectivity index (χ4v) is 1.01. The number of carbonyl (C=O) groups is 2. The van der Waals surface area contributed by atoms with Crippen molar-refractivity contribution in [1.29, 1.82) is 5.41 Å². The minimum absolute atomic E-state index is 0.0556. The van der Waals surface area contributed by atoms with Crippen molar-refractivity contribution >= 4 is 18.1 Å². The molecule has 0 aromatic heterocycles. The van der Waals surface area contributed by atoms with Gasteiger partial charge in [-0.2, -0.15) is 0 Å². The summed E-state index contributed by atoms with van der Waals surface area (Å²) in [6.45, 7) is 0.0556. The number of nitrogens with two attached hydrogens (primary N) is 1. The molecule has 0 aliphatic heterocycles. The lowest BCUT2D eigenvalue weighted by Crippen LogP contribution is -2.45. The van der Waals surface area contributed by atoms with Gasteiger partial charge in [0.25, 0.3) is 0 Å². The Kier molecular flexibility index (Phi) is 4.49. The molecule has 1 aromatic carbocycles. The molecule has 3 amide bonds. The van der Waals surface area contributed by atoms with Crippen molar-refractivity contribution in [3.63, 3.8) is 0 Å².